The molecule has 0 aliphatic heterocycles. The molecule has 0 radical (unpaired) electrons. The van der Waals surface area contributed by atoms with Crippen LogP contribution in [0.5, 0.6) is 5.75 Å². The molecule has 6 heteroatoms. The average Bonchev–Trinajstić information content (AvgIpc) is 3.24. The molecule has 4 rings (SSSR count). The summed E-state index contributed by atoms with van der Waals surface area (Å²) < 4.78 is 10.7. The number of hydrogen-bond donors (Lipinski definition) is 1. The van der Waals surface area contributed by atoms with E-state index in [1.165, 1.54) is 11.3 Å². The highest BCUT2D eigenvalue weighted by molar-refractivity contribution is 7.19. The van der Waals surface area contributed by atoms with Crippen LogP contribution in [0.3, 0.4) is 0 Å². The number of hydrogen-bond acceptors (Lipinski definition) is 6. The van der Waals surface area contributed by atoms with Crippen LogP contribution in [-0.2, 0) is 4.74 Å². The maximum Gasteiger partial charge on any atom is 0.341 e. The molecule has 1 aromatic heterocycles. The van der Waals surface area contributed by atoms with Crippen molar-refractivity contribution in [3.63, 3.8) is 0 Å². The van der Waals surface area contributed by atoms with Gasteiger partial charge >= 0.3 is 5.97 Å². The summed E-state index contributed by atoms with van der Waals surface area (Å²) in [7, 11) is 1.60. The van der Waals surface area contributed by atoms with E-state index in [2.05, 4.69) is 5.32 Å². The lowest BCUT2D eigenvalue weighted by Crippen LogP contribution is -2.09. The van der Waals surface area contributed by atoms with Crippen molar-refractivity contribution in [3.05, 3.63) is 100 Å². The third-order valence-corrected chi connectivity index (χ3v) is 6.42. The first-order chi connectivity index (χ1) is 16.5. The lowest BCUT2D eigenvalue weighted by Gasteiger charge is -2.10. The van der Waals surface area contributed by atoms with Crippen molar-refractivity contribution >= 4 is 33.8 Å². The molecule has 0 unspecified atom stereocenters. The Bertz CT molecular complexity index is 1290. The fourth-order valence-corrected chi connectivity index (χ4v) is 4.79. The Morgan fingerprint density at radius 3 is 2.21 bits per heavy atom. The van der Waals surface area contributed by atoms with Crippen LogP contribution in [0.1, 0.15) is 38.1 Å². The summed E-state index contributed by atoms with van der Waals surface area (Å²) >= 11 is 1.25. The highest BCUT2D eigenvalue weighted by Crippen LogP contribution is 2.43. The van der Waals surface area contributed by atoms with Gasteiger partial charge < -0.3 is 14.8 Å². The number of anilines is 2. The lowest BCUT2D eigenvalue weighted by molar-refractivity contribution is 0.0529. The molecule has 0 saturated carbocycles. The molecule has 0 fully saturated rings. The molecule has 172 valence electrons. The van der Waals surface area contributed by atoms with E-state index in [1.54, 1.807) is 14.0 Å². The molecule has 0 atom stereocenters. The van der Waals surface area contributed by atoms with Crippen molar-refractivity contribution in [1.29, 1.82) is 0 Å². The van der Waals surface area contributed by atoms with Gasteiger partial charge in [0.25, 0.3) is 0 Å². The second-order valence-corrected chi connectivity index (χ2v) is 8.67. The van der Waals surface area contributed by atoms with Crippen LogP contribution >= 0.6 is 11.3 Å². The molecule has 1 heterocycles. The van der Waals surface area contributed by atoms with E-state index in [9.17, 15) is 9.59 Å². The zero-order valence-corrected chi connectivity index (χ0v) is 20.1. The van der Waals surface area contributed by atoms with Crippen molar-refractivity contribution in [3.8, 4) is 16.9 Å². The van der Waals surface area contributed by atoms with Gasteiger partial charge in [0, 0.05) is 16.8 Å². The molecule has 34 heavy (non-hydrogen) atoms. The minimum Gasteiger partial charge on any atom is -0.497 e. The number of para-hydroxylation sites is 1. The number of esters is 1. The van der Waals surface area contributed by atoms with Crippen molar-refractivity contribution in [1.82, 2.24) is 0 Å². The number of methoxy groups -OCH3 is 1. The molecular weight excluding hydrogens is 446 g/mol. The molecule has 0 spiro atoms. The average molecular weight is 472 g/mol. The van der Waals surface area contributed by atoms with Crippen LogP contribution in [0.2, 0.25) is 0 Å². The Morgan fingerprint density at radius 1 is 0.912 bits per heavy atom. The molecule has 1 N–H and O–H groups in total. The quantitative estimate of drug-likeness (QED) is 0.224. The van der Waals surface area contributed by atoms with Crippen molar-refractivity contribution in [2.75, 3.05) is 19.0 Å². The fourth-order valence-electron chi connectivity index (χ4n) is 3.60. The van der Waals surface area contributed by atoms with E-state index >= 15 is 0 Å². The highest BCUT2D eigenvalue weighted by atomic mass is 32.1. The van der Waals surface area contributed by atoms with Crippen LogP contribution in [0.4, 0.5) is 10.7 Å². The Hall–Kier alpha value is -3.90. The highest BCUT2D eigenvalue weighted by Gasteiger charge is 2.29. The van der Waals surface area contributed by atoms with Gasteiger partial charge in [0.05, 0.1) is 18.6 Å². The maximum absolute atomic E-state index is 13.7. The number of ketones is 1. The SMILES string of the molecule is CCOC(=O)c1c(Nc2ccccc2)sc(C(=O)c2ccc(C)cc2)c1-c1ccc(OC)cc1. The number of aryl methyl sites for hydroxylation is 1. The van der Waals surface area contributed by atoms with Crippen molar-refractivity contribution < 1.29 is 19.1 Å². The fraction of sp³-hybridized carbons (Fsp3) is 0.143. The monoisotopic (exact) mass is 471 g/mol. The predicted molar refractivity (Wildman–Crippen MR) is 137 cm³/mol. The van der Waals surface area contributed by atoms with Gasteiger partial charge in [0.2, 0.25) is 5.78 Å². The number of nitrogens with one attached hydrogen (secondary N) is 1. The first-order valence-electron chi connectivity index (χ1n) is 10.9. The minimum absolute atomic E-state index is 0.150. The predicted octanol–water partition coefficient (Wildman–Crippen LogP) is 6.88. The van der Waals surface area contributed by atoms with Crippen molar-refractivity contribution in [2.45, 2.75) is 13.8 Å². The summed E-state index contributed by atoms with van der Waals surface area (Å²) in [6.45, 7) is 3.96. The van der Waals surface area contributed by atoms with Gasteiger partial charge in [0.1, 0.15) is 16.3 Å². The summed E-state index contributed by atoms with van der Waals surface area (Å²) in [5.41, 5.74) is 4.06. The van der Waals surface area contributed by atoms with Crippen LogP contribution in [0.15, 0.2) is 78.9 Å². The van der Waals surface area contributed by atoms with Gasteiger partial charge in [-0.15, -0.1) is 11.3 Å². The number of ether oxygens (including phenoxy) is 2. The van der Waals surface area contributed by atoms with E-state index < -0.39 is 5.97 Å². The topological polar surface area (TPSA) is 64.6 Å². The lowest BCUT2D eigenvalue weighted by atomic mass is 9.97. The summed E-state index contributed by atoms with van der Waals surface area (Å²) in [6.07, 6.45) is 0. The van der Waals surface area contributed by atoms with Gasteiger partial charge in [-0.1, -0.05) is 60.2 Å². The molecule has 0 amide bonds. The van der Waals surface area contributed by atoms with Crippen molar-refractivity contribution in [2.24, 2.45) is 0 Å². The Balaban J connectivity index is 1.93. The van der Waals surface area contributed by atoms with Crippen LogP contribution in [0.25, 0.3) is 11.1 Å². The molecule has 0 saturated heterocycles. The number of carbonyl (C=O) groups excluding carboxylic acids is 2. The van der Waals surface area contributed by atoms with Gasteiger partial charge in [-0.25, -0.2) is 4.79 Å². The third-order valence-electron chi connectivity index (χ3n) is 5.32. The summed E-state index contributed by atoms with van der Waals surface area (Å²) in [5.74, 6) is 0.0548. The Kier molecular flexibility index (Phi) is 7.09. The smallest absolute Gasteiger partial charge is 0.341 e. The number of rotatable bonds is 8. The zero-order chi connectivity index (χ0) is 24.1. The van der Waals surface area contributed by atoms with E-state index in [1.807, 2.05) is 85.8 Å². The van der Waals surface area contributed by atoms with E-state index in [-0.39, 0.29) is 12.4 Å². The number of benzene rings is 3. The molecule has 3 aromatic carbocycles. The molecule has 0 bridgehead atoms. The summed E-state index contributed by atoms with van der Waals surface area (Å²) in [5, 5.41) is 3.88. The Labute approximate surface area is 203 Å². The normalized spacial score (nSPS) is 10.6. The minimum atomic E-state index is -0.481. The van der Waals surface area contributed by atoms with E-state index in [0.29, 0.717) is 32.3 Å². The zero-order valence-electron chi connectivity index (χ0n) is 19.3. The molecule has 5 nitrogen and oxygen atoms in total. The third kappa shape index (κ3) is 4.87. The molecule has 0 aliphatic rings. The first kappa shape index (κ1) is 23.3. The number of thiophene rings is 1. The van der Waals surface area contributed by atoms with E-state index in [0.717, 1.165) is 16.8 Å². The van der Waals surface area contributed by atoms with Gasteiger partial charge in [-0.2, -0.15) is 0 Å². The van der Waals surface area contributed by atoms with Gasteiger partial charge in [0.15, 0.2) is 0 Å². The second kappa shape index (κ2) is 10.4. The number of carbonyl (C=O) groups is 2. The largest absolute Gasteiger partial charge is 0.497 e. The first-order valence-corrected chi connectivity index (χ1v) is 11.7. The van der Waals surface area contributed by atoms with E-state index in [4.69, 9.17) is 9.47 Å². The second-order valence-electron chi connectivity index (χ2n) is 7.65. The van der Waals surface area contributed by atoms with Crippen LogP contribution < -0.4 is 10.1 Å². The summed E-state index contributed by atoms with van der Waals surface area (Å²) in [4.78, 5) is 27.3. The molecule has 4 aromatic rings. The molecule has 0 aliphatic carbocycles. The maximum atomic E-state index is 13.7. The summed E-state index contributed by atoms with van der Waals surface area (Å²) in [6, 6.07) is 24.3. The molecular formula is C28H25NO4S. The standard InChI is InChI=1S/C28H25NO4S/c1-4-33-28(31)24-23(19-14-16-22(32-3)17-15-19)26(25(30)20-12-10-18(2)11-13-20)34-27(24)29-21-8-6-5-7-9-21/h5-17,29H,4H2,1-3H3. The van der Waals surface area contributed by atoms with Crippen LogP contribution in [-0.4, -0.2) is 25.5 Å². The van der Waals surface area contributed by atoms with Gasteiger partial charge in [-0.3, -0.25) is 4.79 Å². The van der Waals surface area contributed by atoms with Crippen LogP contribution in [0, 0.1) is 6.92 Å². The Morgan fingerprint density at radius 2 is 1.59 bits per heavy atom. The van der Waals surface area contributed by atoms with Gasteiger partial charge in [-0.05, 0) is 43.7 Å².